The number of fused-ring (bicyclic) bond motifs is 12. The van der Waals surface area contributed by atoms with Gasteiger partial charge in [-0.3, -0.25) is 4.99 Å². The number of aliphatic imine (C=N–C) groups is 1. The van der Waals surface area contributed by atoms with Gasteiger partial charge in [-0.25, -0.2) is 0 Å². The highest BCUT2D eigenvalue weighted by Crippen LogP contribution is 2.44. The normalized spacial score (nSPS) is 12.8. The van der Waals surface area contributed by atoms with E-state index in [1.807, 2.05) is 22.7 Å². The molecule has 0 aliphatic heterocycles. The molecule has 0 amide bonds. The van der Waals surface area contributed by atoms with Crippen LogP contribution >= 0.6 is 22.7 Å². The molecule has 0 aliphatic carbocycles. The molecule has 13 rings (SSSR count). The highest BCUT2D eigenvalue weighted by molar-refractivity contribution is 7.26. The van der Waals surface area contributed by atoms with E-state index in [0.29, 0.717) is 5.92 Å². The zero-order chi connectivity index (χ0) is 45.3. The van der Waals surface area contributed by atoms with E-state index < -0.39 is 0 Å². The molecule has 1 unspecified atom stereocenters. The highest BCUT2D eigenvalue weighted by atomic mass is 32.1. The quantitative estimate of drug-likeness (QED) is 0.122. The van der Waals surface area contributed by atoms with Crippen molar-refractivity contribution in [3.05, 3.63) is 230 Å². The molecule has 0 aliphatic rings. The molecule has 0 saturated carbocycles. The van der Waals surface area contributed by atoms with Crippen molar-refractivity contribution in [1.82, 2.24) is 4.57 Å². The van der Waals surface area contributed by atoms with Crippen LogP contribution < -0.4 is 0 Å². The Balaban J connectivity index is 1.01. The molecule has 0 saturated heterocycles. The summed E-state index contributed by atoms with van der Waals surface area (Å²) in [4.78, 5) is 5.75. The van der Waals surface area contributed by atoms with Crippen molar-refractivity contribution in [2.24, 2.45) is 4.99 Å². The highest BCUT2D eigenvalue weighted by Gasteiger charge is 2.22. The van der Waals surface area contributed by atoms with Crippen LogP contribution in [0.1, 0.15) is 48.8 Å². The lowest BCUT2D eigenvalue weighted by Gasteiger charge is -2.19. The Morgan fingerprint density at radius 1 is 0.500 bits per heavy atom. The van der Waals surface area contributed by atoms with E-state index in [0.717, 1.165) is 47.5 Å². The molecule has 2 nitrogen and oxygen atoms in total. The summed E-state index contributed by atoms with van der Waals surface area (Å²) >= 11 is 3.76. The zero-order valence-corrected chi connectivity index (χ0v) is 39.4. The van der Waals surface area contributed by atoms with Crippen LogP contribution in [0.15, 0.2) is 218 Å². The van der Waals surface area contributed by atoms with Crippen molar-refractivity contribution < 1.29 is 0 Å². The summed E-state index contributed by atoms with van der Waals surface area (Å²) in [5, 5.41) is 12.7. The van der Waals surface area contributed by atoms with Gasteiger partial charge in [0.15, 0.2) is 0 Å². The van der Waals surface area contributed by atoms with Crippen LogP contribution in [-0.4, -0.2) is 10.3 Å². The van der Waals surface area contributed by atoms with E-state index in [-0.39, 0.29) is 0 Å². The Kier molecular flexibility index (Phi) is 9.92. The second kappa shape index (κ2) is 16.6. The minimum Gasteiger partial charge on any atom is -0.308 e. The Morgan fingerprint density at radius 3 is 2.06 bits per heavy atom. The first-order valence-corrected chi connectivity index (χ1v) is 25.3. The third-order valence-electron chi connectivity index (χ3n) is 14.2. The number of rotatable bonds is 10. The standard InChI is InChI=1S/C64H46N2S2/c1-3-41(47-30-33-62-55(36-47)51-25-12-14-27-61(51)67-62)29-32-57(48-22-15-21-44(34-48)42-16-5-4-6-17-42)65-40(2)53-38-56-52-31-28-43-18-9-10-23-49(43)64(52)68-63(56)39-60(53)66-58-26-13-11-24-50(58)54-35-45-19-7-8-20-46(45)37-59(54)66/h4-28,30-31,33-39,41H,2-3,29,32H2,1H3/b65-57+. The van der Waals surface area contributed by atoms with Crippen molar-refractivity contribution in [1.29, 1.82) is 0 Å². The van der Waals surface area contributed by atoms with Crippen LogP contribution in [0.4, 0.5) is 0 Å². The van der Waals surface area contributed by atoms with Gasteiger partial charge in [-0.15, -0.1) is 22.7 Å². The maximum Gasteiger partial charge on any atom is 0.0655 e. The van der Waals surface area contributed by atoms with Gasteiger partial charge in [0, 0.05) is 62.4 Å². The maximum absolute atomic E-state index is 5.75. The Bertz CT molecular complexity index is 4160. The van der Waals surface area contributed by atoms with E-state index in [9.17, 15) is 0 Å². The predicted octanol–water partition coefficient (Wildman–Crippen LogP) is 18.9. The second-order valence-electron chi connectivity index (χ2n) is 18.1. The van der Waals surface area contributed by atoms with Crippen molar-refractivity contribution in [3.8, 4) is 16.8 Å². The third kappa shape index (κ3) is 6.86. The summed E-state index contributed by atoms with van der Waals surface area (Å²) in [6.07, 6.45) is 2.79. The van der Waals surface area contributed by atoms with Gasteiger partial charge < -0.3 is 4.57 Å². The lowest BCUT2D eigenvalue weighted by atomic mass is 9.88. The summed E-state index contributed by atoms with van der Waals surface area (Å²) in [6, 6.07) is 76.1. The van der Waals surface area contributed by atoms with Gasteiger partial charge >= 0.3 is 0 Å². The van der Waals surface area contributed by atoms with Crippen molar-refractivity contribution in [2.75, 3.05) is 0 Å². The van der Waals surface area contributed by atoms with Crippen LogP contribution in [0.3, 0.4) is 0 Å². The summed E-state index contributed by atoms with van der Waals surface area (Å²) in [5.41, 5.74) is 11.1. The number of hydrogen-bond acceptors (Lipinski definition) is 3. The molecule has 68 heavy (non-hydrogen) atoms. The van der Waals surface area contributed by atoms with E-state index in [4.69, 9.17) is 11.6 Å². The van der Waals surface area contributed by atoms with Crippen LogP contribution in [0, 0.1) is 0 Å². The maximum atomic E-state index is 5.75. The number of hydrogen-bond donors (Lipinski definition) is 0. The van der Waals surface area contributed by atoms with Gasteiger partial charge in [-0.05, 0) is 124 Å². The Morgan fingerprint density at radius 2 is 1.21 bits per heavy atom. The molecular formula is C64H46N2S2. The fourth-order valence-electron chi connectivity index (χ4n) is 10.8. The summed E-state index contributed by atoms with van der Waals surface area (Å²) in [5.74, 6) is 0.361. The van der Waals surface area contributed by atoms with E-state index >= 15 is 0 Å². The summed E-state index contributed by atoms with van der Waals surface area (Å²) < 4.78 is 7.71. The third-order valence-corrected chi connectivity index (χ3v) is 16.6. The smallest absolute Gasteiger partial charge is 0.0655 e. The molecule has 0 spiro atoms. The van der Waals surface area contributed by atoms with Crippen LogP contribution in [0.5, 0.6) is 0 Å². The first-order valence-electron chi connectivity index (χ1n) is 23.7. The second-order valence-corrected chi connectivity index (χ2v) is 20.3. The zero-order valence-electron chi connectivity index (χ0n) is 37.7. The van der Waals surface area contributed by atoms with Crippen LogP contribution in [0.25, 0.3) is 106 Å². The Labute approximate surface area is 403 Å². The largest absolute Gasteiger partial charge is 0.308 e. The number of thiophene rings is 2. The van der Waals surface area contributed by atoms with Gasteiger partial charge in [0.2, 0.25) is 0 Å². The summed E-state index contributed by atoms with van der Waals surface area (Å²) in [7, 11) is 0. The Hall–Kier alpha value is -7.63. The molecule has 0 fully saturated rings. The van der Waals surface area contributed by atoms with Gasteiger partial charge in [-0.1, -0.05) is 165 Å². The number of aromatic nitrogens is 1. The molecule has 10 aromatic carbocycles. The molecule has 0 radical (unpaired) electrons. The predicted molar refractivity (Wildman–Crippen MR) is 298 cm³/mol. The topological polar surface area (TPSA) is 17.3 Å². The molecule has 3 aromatic heterocycles. The molecule has 324 valence electrons. The molecule has 13 aromatic rings. The van der Waals surface area contributed by atoms with Gasteiger partial charge in [0.1, 0.15) is 0 Å². The average Bonchev–Trinajstić information content (AvgIpc) is 4.06. The molecule has 1 atom stereocenters. The number of benzene rings is 10. The average molecular weight is 907 g/mol. The van der Waals surface area contributed by atoms with Gasteiger partial charge in [0.25, 0.3) is 0 Å². The summed E-state index contributed by atoms with van der Waals surface area (Å²) in [6.45, 7) is 7.27. The molecule has 0 bridgehead atoms. The first-order chi connectivity index (χ1) is 33.6. The number of para-hydroxylation sites is 1. The van der Waals surface area contributed by atoms with Crippen molar-refractivity contribution in [3.63, 3.8) is 0 Å². The lowest BCUT2D eigenvalue weighted by molar-refractivity contribution is 0.622. The van der Waals surface area contributed by atoms with E-state index in [1.165, 1.54) is 100 Å². The monoisotopic (exact) mass is 906 g/mol. The van der Waals surface area contributed by atoms with Crippen LogP contribution in [-0.2, 0) is 0 Å². The van der Waals surface area contributed by atoms with E-state index in [2.05, 4.69) is 218 Å². The number of nitrogens with zero attached hydrogens (tertiary/aromatic N) is 2. The fourth-order valence-corrected chi connectivity index (χ4v) is 13.1. The van der Waals surface area contributed by atoms with Gasteiger partial charge in [0.05, 0.1) is 22.4 Å². The minimum atomic E-state index is 0.361. The molecular weight excluding hydrogens is 861 g/mol. The molecule has 0 N–H and O–H groups in total. The SMILES string of the molecule is C=C(/N=C(\CCC(CC)c1ccc2sc3ccccc3c2c1)c1cccc(-c2ccccc2)c1)c1cc2c(cc1-n1c3ccccc3c3cc4ccccc4cc31)sc1c3ccccc3ccc21. The van der Waals surface area contributed by atoms with Gasteiger partial charge in [-0.2, -0.15) is 0 Å². The van der Waals surface area contributed by atoms with Crippen molar-refractivity contribution >= 4 is 118 Å². The minimum absolute atomic E-state index is 0.361. The van der Waals surface area contributed by atoms with E-state index in [1.54, 1.807) is 0 Å². The fraction of sp³-hybridized carbons (Fsp3) is 0.0781. The molecule has 4 heteroatoms. The lowest BCUT2D eigenvalue weighted by Crippen LogP contribution is -2.07. The first kappa shape index (κ1) is 40.6. The molecule has 3 heterocycles. The van der Waals surface area contributed by atoms with Crippen LogP contribution in [0.2, 0.25) is 0 Å². The van der Waals surface area contributed by atoms with Crippen molar-refractivity contribution in [2.45, 2.75) is 32.1 Å².